The van der Waals surface area contributed by atoms with Crippen LogP contribution in [0.15, 0.2) is 30.6 Å². The minimum atomic E-state index is 0.230. The molecule has 2 heterocycles. The second kappa shape index (κ2) is 4.51. The Bertz CT molecular complexity index is 752. The van der Waals surface area contributed by atoms with Gasteiger partial charge in [-0.3, -0.25) is 0 Å². The van der Waals surface area contributed by atoms with Crippen LogP contribution in [0, 0.1) is 13.8 Å². The fourth-order valence-electron chi connectivity index (χ4n) is 2.00. The van der Waals surface area contributed by atoms with Gasteiger partial charge in [0.05, 0.1) is 5.39 Å². The Morgan fingerprint density at radius 3 is 2.84 bits per heavy atom. The third-order valence-corrected chi connectivity index (χ3v) is 4.19. The Hall–Kier alpha value is -2.14. The summed E-state index contributed by atoms with van der Waals surface area (Å²) in [7, 11) is 0. The van der Waals surface area contributed by atoms with Crippen LogP contribution in [-0.4, -0.2) is 15.1 Å². The van der Waals surface area contributed by atoms with Crippen molar-refractivity contribution >= 4 is 33.1 Å². The van der Waals surface area contributed by atoms with Gasteiger partial charge in [-0.2, -0.15) is 0 Å². The van der Waals surface area contributed by atoms with Gasteiger partial charge in [-0.1, -0.05) is 6.07 Å². The number of hydrogen-bond donors (Lipinski definition) is 2. The molecule has 0 radical (unpaired) electrons. The molecule has 0 amide bonds. The number of nitrogens with one attached hydrogen (secondary N) is 1. The minimum Gasteiger partial charge on any atom is -0.508 e. The van der Waals surface area contributed by atoms with E-state index in [2.05, 4.69) is 29.1 Å². The highest BCUT2D eigenvalue weighted by atomic mass is 32.1. The highest BCUT2D eigenvalue weighted by molar-refractivity contribution is 7.18. The number of rotatable bonds is 2. The molecule has 0 aliphatic rings. The maximum absolute atomic E-state index is 9.49. The lowest BCUT2D eigenvalue weighted by Crippen LogP contribution is -1.95. The van der Waals surface area contributed by atoms with Crippen molar-refractivity contribution in [2.45, 2.75) is 13.8 Å². The molecule has 2 aromatic heterocycles. The lowest BCUT2D eigenvalue weighted by Gasteiger charge is -2.07. The number of aromatic nitrogens is 2. The SMILES string of the molecule is Cc1sc2ncnc(Nc3cccc(O)c3)c2c1C. The number of thiophene rings is 1. The van der Waals surface area contributed by atoms with Crippen LogP contribution < -0.4 is 5.32 Å². The maximum atomic E-state index is 9.49. The number of nitrogens with zero attached hydrogens (tertiary/aromatic N) is 2. The van der Waals surface area contributed by atoms with Gasteiger partial charge in [0.1, 0.15) is 22.7 Å². The molecular formula is C14H13N3OS. The Balaban J connectivity index is 2.10. The molecular weight excluding hydrogens is 258 g/mol. The smallest absolute Gasteiger partial charge is 0.142 e. The van der Waals surface area contributed by atoms with E-state index < -0.39 is 0 Å². The van der Waals surface area contributed by atoms with Crippen molar-refractivity contribution < 1.29 is 5.11 Å². The van der Waals surface area contributed by atoms with E-state index in [1.165, 1.54) is 10.4 Å². The zero-order valence-corrected chi connectivity index (χ0v) is 11.5. The molecule has 0 bridgehead atoms. The molecule has 0 saturated carbocycles. The van der Waals surface area contributed by atoms with E-state index in [9.17, 15) is 5.11 Å². The topological polar surface area (TPSA) is 58.0 Å². The summed E-state index contributed by atoms with van der Waals surface area (Å²) in [5.41, 5.74) is 2.01. The van der Waals surface area contributed by atoms with Gasteiger partial charge in [-0.25, -0.2) is 9.97 Å². The first-order valence-electron chi connectivity index (χ1n) is 5.92. The summed E-state index contributed by atoms with van der Waals surface area (Å²) in [6.45, 7) is 4.16. The first-order chi connectivity index (χ1) is 9.15. The molecule has 2 N–H and O–H groups in total. The third-order valence-electron chi connectivity index (χ3n) is 3.07. The monoisotopic (exact) mass is 271 g/mol. The number of hydrogen-bond acceptors (Lipinski definition) is 5. The highest BCUT2D eigenvalue weighted by Gasteiger charge is 2.11. The molecule has 3 aromatic rings. The van der Waals surface area contributed by atoms with Gasteiger partial charge in [-0.15, -0.1) is 11.3 Å². The molecule has 19 heavy (non-hydrogen) atoms. The summed E-state index contributed by atoms with van der Waals surface area (Å²) in [5, 5.41) is 13.8. The number of fused-ring (bicyclic) bond motifs is 1. The van der Waals surface area contributed by atoms with E-state index in [0.29, 0.717) is 0 Å². The molecule has 0 fully saturated rings. The summed E-state index contributed by atoms with van der Waals surface area (Å²) in [6.07, 6.45) is 1.56. The van der Waals surface area contributed by atoms with Crippen molar-refractivity contribution in [2.75, 3.05) is 5.32 Å². The number of anilines is 2. The molecule has 0 spiro atoms. The standard InChI is InChI=1S/C14H13N3OS/c1-8-9(2)19-14-12(8)13(15-7-16-14)17-10-4-3-5-11(18)6-10/h3-7,18H,1-2H3,(H,15,16,17). The molecule has 0 unspecified atom stereocenters. The number of aryl methyl sites for hydroxylation is 2. The van der Waals surface area contributed by atoms with E-state index in [1.807, 2.05) is 6.07 Å². The van der Waals surface area contributed by atoms with Gasteiger partial charge in [0, 0.05) is 16.6 Å². The van der Waals surface area contributed by atoms with Crippen molar-refractivity contribution in [2.24, 2.45) is 0 Å². The summed E-state index contributed by atoms with van der Waals surface area (Å²) in [6, 6.07) is 6.99. The lowest BCUT2D eigenvalue weighted by molar-refractivity contribution is 0.475. The van der Waals surface area contributed by atoms with Crippen molar-refractivity contribution in [1.82, 2.24) is 9.97 Å². The van der Waals surface area contributed by atoms with Crippen LogP contribution in [0.5, 0.6) is 5.75 Å². The molecule has 96 valence electrons. The Morgan fingerprint density at radius 2 is 2.05 bits per heavy atom. The average Bonchev–Trinajstić information content (AvgIpc) is 2.66. The third kappa shape index (κ3) is 2.13. The summed E-state index contributed by atoms with van der Waals surface area (Å²) in [4.78, 5) is 10.8. The molecule has 0 saturated heterocycles. The van der Waals surface area contributed by atoms with Crippen molar-refractivity contribution in [3.05, 3.63) is 41.0 Å². The Labute approximate surface area is 114 Å². The fourth-order valence-corrected chi connectivity index (χ4v) is 2.99. The van der Waals surface area contributed by atoms with E-state index in [-0.39, 0.29) is 5.75 Å². The number of benzene rings is 1. The maximum Gasteiger partial charge on any atom is 0.142 e. The quantitative estimate of drug-likeness (QED) is 0.745. The zero-order chi connectivity index (χ0) is 13.4. The van der Waals surface area contributed by atoms with Gasteiger partial charge >= 0.3 is 0 Å². The van der Waals surface area contributed by atoms with Crippen LogP contribution >= 0.6 is 11.3 Å². The number of phenolic OH excluding ortho intramolecular Hbond substituents is 1. The zero-order valence-electron chi connectivity index (χ0n) is 10.6. The molecule has 3 rings (SSSR count). The first kappa shape index (κ1) is 11.9. The van der Waals surface area contributed by atoms with Crippen molar-refractivity contribution in [3.8, 4) is 5.75 Å². The Morgan fingerprint density at radius 1 is 1.21 bits per heavy atom. The van der Waals surface area contributed by atoms with E-state index in [1.54, 1.807) is 35.9 Å². The van der Waals surface area contributed by atoms with Crippen LogP contribution in [0.1, 0.15) is 10.4 Å². The van der Waals surface area contributed by atoms with Crippen LogP contribution in [-0.2, 0) is 0 Å². The average molecular weight is 271 g/mol. The normalized spacial score (nSPS) is 10.8. The van der Waals surface area contributed by atoms with Crippen LogP contribution in [0.4, 0.5) is 11.5 Å². The predicted molar refractivity (Wildman–Crippen MR) is 78.3 cm³/mol. The highest BCUT2D eigenvalue weighted by Crippen LogP contribution is 2.33. The second-order valence-electron chi connectivity index (χ2n) is 4.36. The summed E-state index contributed by atoms with van der Waals surface area (Å²) >= 11 is 1.67. The van der Waals surface area contributed by atoms with Crippen molar-refractivity contribution in [1.29, 1.82) is 0 Å². The molecule has 0 aliphatic carbocycles. The van der Waals surface area contributed by atoms with Crippen LogP contribution in [0.2, 0.25) is 0 Å². The van der Waals surface area contributed by atoms with Gasteiger partial charge in [0.15, 0.2) is 0 Å². The Kier molecular flexibility index (Phi) is 2.83. The van der Waals surface area contributed by atoms with Gasteiger partial charge in [0.25, 0.3) is 0 Å². The number of aromatic hydroxyl groups is 1. The summed E-state index contributed by atoms with van der Waals surface area (Å²) < 4.78 is 0. The van der Waals surface area contributed by atoms with E-state index >= 15 is 0 Å². The molecule has 5 heteroatoms. The number of phenols is 1. The van der Waals surface area contributed by atoms with E-state index in [4.69, 9.17) is 0 Å². The predicted octanol–water partition coefficient (Wildman–Crippen LogP) is 3.76. The van der Waals surface area contributed by atoms with Gasteiger partial charge in [-0.05, 0) is 31.5 Å². The lowest BCUT2D eigenvalue weighted by atomic mass is 10.2. The molecule has 0 atom stereocenters. The van der Waals surface area contributed by atoms with Crippen LogP contribution in [0.25, 0.3) is 10.2 Å². The van der Waals surface area contributed by atoms with Crippen molar-refractivity contribution in [3.63, 3.8) is 0 Å². The first-order valence-corrected chi connectivity index (χ1v) is 6.73. The van der Waals surface area contributed by atoms with Gasteiger partial charge in [0.2, 0.25) is 0 Å². The van der Waals surface area contributed by atoms with E-state index in [0.717, 1.165) is 21.7 Å². The van der Waals surface area contributed by atoms with Crippen LogP contribution in [0.3, 0.4) is 0 Å². The molecule has 1 aromatic carbocycles. The summed E-state index contributed by atoms with van der Waals surface area (Å²) in [5.74, 6) is 1.01. The van der Waals surface area contributed by atoms with Gasteiger partial charge < -0.3 is 10.4 Å². The second-order valence-corrected chi connectivity index (χ2v) is 5.56. The fraction of sp³-hybridized carbons (Fsp3) is 0.143. The largest absolute Gasteiger partial charge is 0.508 e. The minimum absolute atomic E-state index is 0.230. The molecule has 4 nitrogen and oxygen atoms in total. The molecule has 0 aliphatic heterocycles.